The number of carbonyl (C=O) groups is 2. The Labute approximate surface area is 184 Å². The fourth-order valence-corrected chi connectivity index (χ4v) is 3.27. The Bertz CT molecular complexity index is 1410. The van der Waals surface area contributed by atoms with Crippen molar-refractivity contribution in [1.82, 2.24) is 5.32 Å². The number of nitrogens with zero attached hydrogens (tertiary/aromatic N) is 3. The Morgan fingerprint density at radius 2 is 2.07 bits per heavy atom. The Morgan fingerprint density at radius 1 is 1.34 bits per heavy atom. The van der Waals surface area contributed by atoms with Crippen LogP contribution in [0.5, 0.6) is 0 Å². The Kier molecular flexibility index (Phi) is 3.08. The molecule has 8 heteroatoms. The highest BCUT2D eigenvalue weighted by Crippen LogP contribution is 2.37. The second-order valence-corrected chi connectivity index (χ2v) is 6.84. The van der Waals surface area contributed by atoms with E-state index in [1.165, 1.54) is 20.9 Å². The number of nitriles is 1. The highest BCUT2D eigenvalue weighted by Gasteiger charge is 2.50. The van der Waals surface area contributed by atoms with Gasteiger partial charge in [-0.05, 0) is 74.8 Å². The summed E-state index contributed by atoms with van der Waals surface area (Å²) < 4.78 is 79.9. The molecule has 1 aliphatic rings. The van der Waals surface area contributed by atoms with Gasteiger partial charge in [-0.25, -0.2) is 4.39 Å². The molecule has 29 heavy (non-hydrogen) atoms. The van der Waals surface area contributed by atoms with E-state index in [0.717, 1.165) is 11.0 Å². The normalized spacial score (nSPS) is 19.8. The van der Waals surface area contributed by atoms with Gasteiger partial charge < -0.3 is 10.2 Å². The number of benzene rings is 2. The molecule has 2 amide bonds. The standard InChI is InChI=1S/C21H19FN4O2S/c1-12-9-14(6-5-13(12)11-23)25-19(28)21(2,3)26(20(25)29)15-7-8-16(17(22)10-15)18(27)24-4/h5-10H,1-4H3,(H,24,27)/i1D3,6D,7D,8D,9D,10D. The van der Waals surface area contributed by atoms with E-state index in [2.05, 4.69) is 5.32 Å². The van der Waals surface area contributed by atoms with Crippen molar-refractivity contribution in [2.24, 2.45) is 0 Å². The van der Waals surface area contributed by atoms with Crippen LogP contribution < -0.4 is 15.1 Å². The number of carbonyl (C=O) groups excluding carboxylic acids is 2. The summed E-state index contributed by atoms with van der Waals surface area (Å²) in [6.45, 7) is -0.349. The molecule has 1 heterocycles. The number of hydrogen-bond donors (Lipinski definition) is 1. The number of rotatable bonds is 3. The molecular weight excluding hydrogens is 391 g/mol. The van der Waals surface area contributed by atoms with E-state index in [1.54, 1.807) is 6.07 Å². The largest absolute Gasteiger partial charge is 0.355 e. The van der Waals surface area contributed by atoms with Crippen molar-refractivity contribution in [2.75, 3.05) is 16.8 Å². The summed E-state index contributed by atoms with van der Waals surface area (Å²) in [5, 5.41) is 11.0. The molecule has 1 N–H and O–H groups in total. The maximum absolute atomic E-state index is 15.1. The van der Waals surface area contributed by atoms with Crippen molar-refractivity contribution < 1.29 is 24.9 Å². The zero-order valence-corrected chi connectivity index (χ0v) is 16.3. The molecule has 0 bridgehead atoms. The second kappa shape index (κ2) is 7.26. The molecule has 2 aromatic rings. The van der Waals surface area contributed by atoms with Gasteiger partial charge in [-0.2, -0.15) is 5.26 Å². The number of halogens is 1. The van der Waals surface area contributed by atoms with Crippen LogP contribution in [0.25, 0.3) is 0 Å². The van der Waals surface area contributed by atoms with Crippen molar-refractivity contribution >= 4 is 40.5 Å². The molecule has 6 nitrogen and oxygen atoms in total. The average Bonchev–Trinajstić information content (AvgIpc) is 2.96. The van der Waals surface area contributed by atoms with Gasteiger partial charge in [-0.1, -0.05) is 0 Å². The van der Waals surface area contributed by atoms with E-state index >= 15 is 4.39 Å². The van der Waals surface area contributed by atoms with Gasteiger partial charge in [0.1, 0.15) is 11.4 Å². The van der Waals surface area contributed by atoms with E-state index in [0.29, 0.717) is 4.90 Å². The predicted octanol–water partition coefficient (Wildman–Crippen LogP) is 3.28. The number of thiocarbonyl (C=S) groups is 1. The molecule has 1 aliphatic heterocycles. The van der Waals surface area contributed by atoms with Crippen molar-refractivity contribution in [2.45, 2.75) is 26.2 Å². The Morgan fingerprint density at radius 3 is 2.69 bits per heavy atom. The van der Waals surface area contributed by atoms with Gasteiger partial charge in [0.25, 0.3) is 11.8 Å². The van der Waals surface area contributed by atoms with E-state index in [-0.39, 0.29) is 0 Å². The zero-order chi connectivity index (χ0) is 28.4. The van der Waals surface area contributed by atoms with Crippen molar-refractivity contribution in [3.8, 4) is 6.07 Å². The first-order valence-corrected chi connectivity index (χ1v) is 8.60. The first kappa shape index (κ1) is 12.3. The number of anilines is 2. The third kappa shape index (κ3) is 3.23. The third-order valence-electron chi connectivity index (χ3n) is 4.31. The molecule has 0 saturated carbocycles. The van der Waals surface area contributed by atoms with E-state index < -0.39 is 93.4 Å². The number of hydrogen-bond acceptors (Lipinski definition) is 4. The molecule has 0 atom stereocenters. The topological polar surface area (TPSA) is 76.4 Å². The molecule has 0 aliphatic carbocycles. The lowest BCUT2D eigenvalue weighted by Gasteiger charge is -2.29. The van der Waals surface area contributed by atoms with Gasteiger partial charge in [0.2, 0.25) is 0 Å². The average molecular weight is 419 g/mol. The lowest BCUT2D eigenvalue weighted by Crippen LogP contribution is -2.44. The van der Waals surface area contributed by atoms with Crippen molar-refractivity contribution in [3.05, 3.63) is 58.8 Å². The predicted molar refractivity (Wildman–Crippen MR) is 112 cm³/mol. The smallest absolute Gasteiger partial charge is 0.259 e. The molecule has 148 valence electrons. The minimum atomic E-state index is -2.95. The van der Waals surface area contributed by atoms with Crippen LogP contribution in [0.1, 0.15) is 46.3 Å². The molecule has 2 aromatic carbocycles. The molecule has 1 fully saturated rings. The number of nitrogens with one attached hydrogen (secondary N) is 1. The molecule has 1 saturated heterocycles. The summed E-state index contributed by atoms with van der Waals surface area (Å²) in [4.78, 5) is 27.2. The summed E-state index contributed by atoms with van der Waals surface area (Å²) in [5.41, 5.74) is -4.93. The summed E-state index contributed by atoms with van der Waals surface area (Å²) in [6.07, 6.45) is 0. The highest BCUT2D eigenvalue weighted by molar-refractivity contribution is 7.81. The van der Waals surface area contributed by atoms with E-state index in [4.69, 9.17) is 23.2 Å². The lowest BCUT2D eigenvalue weighted by molar-refractivity contribution is -0.120. The fraction of sp³-hybridized carbons (Fsp3) is 0.238. The van der Waals surface area contributed by atoms with Crippen LogP contribution in [0.2, 0.25) is 0 Å². The van der Waals surface area contributed by atoms with Crippen LogP contribution in [0, 0.1) is 24.0 Å². The summed E-state index contributed by atoms with van der Waals surface area (Å²) in [6, 6.07) is -1.52. The lowest BCUT2D eigenvalue weighted by atomic mass is 10.0. The Balaban J connectivity index is 2.34. The highest BCUT2D eigenvalue weighted by atomic mass is 32.1. The first-order valence-electron chi connectivity index (χ1n) is 12.2. The van der Waals surface area contributed by atoms with Gasteiger partial charge >= 0.3 is 0 Å². The molecule has 0 unspecified atom stereocenters. The quantitative estimate of drug-likeness (QED) is 0.774. The van der Waals surface area contributed by atoms with Crippen LogP contribution in [0.15, 0.2) is 36.3 Å². The number of amides is 2. The maximum atomic E-state index is 15.1. The van der Waals surface area contributed by atoms with E-state index in [1.807, 2.05) is 0 Å². The molecular formula is C21H19FN4O2S. The first-order chi connectivity index (χ1) is 16.9. The van der Waals surface area contributed by atoms with Crippen molar-refractivity contribution in [1.29, 1.82) is 5.26 Å². The van der Waals surface area contributed by atoms with Gasteiger partial charge in [-0.15, -0.1) is 0 Å². The van der Waals surface area contributed by atoms with Gasteiger partial charge in [0.05, 0.1) is 29.7 Å². The van der Waals surface area contributed by atoms with Gasteiger partial charge in [0, 0.05) is 16.8 Å². The van der Waals surface area contributed by atoms with Crippen LogP contribution in [0.4, 0.5) is 15.8 Å². The van der Waals surface area contributed by atoms with Crippen LogP contribution in [-0.4, -0.2) is 29.5 Å². The maximum Gasteiger partial charge on any atom is 0.259 e. The van der Waals surface area contributed by atoms with Crippen LogP contribution >= 0.6 is 12.2 Å². The zero-order valence-electron chi connectivity index (χ0n) is 23.5. The molecule has 0 aromatic heterocycles. The van der Waals surface area contributed by atoms with Gasteiger partial charge in [-0.3, -0.25) is 14.5 Å². The summed E-state index contributed by atoms with van der Waals surface area (Å²) in [7, 11) is 1.18. The van der Waals surface area contributed by atoms with E-state index in [9.17, 15) is 14.9 Å². The second-order valence-electron chi connectivity index (χ2n) is 6.47. The van der Waals surface area contributed by atoms with Crippen LogP contribution in [0.3, 0.4) is 0 Å². The molecule has 0 radical (unpaired) electrons. The van der Waals surface area contributed by atoms with Crippen molar-refractivity contribution in [3.63, 3.8) is 0 Å². The summed E-state index contributed by atoms with van der Waals surface area (Å²) >= 11 is 5.41. The fourth-order valence-electron chi connectivity index (χ4n) is 2.78. The minimum Gasteiger partial charge on any atom is -0.355 e. The minimum absolute atomic E-state index is 0.458. The third-order valence-corrected chi connectivity index (χ3v) is 4.67. The van der Waals surface area contributed by atoms with Crippen LogP contribution in [-0.2, 0) is 4.79 Å². The molecule has 3 rings (SSSR count). The SMILES string of the molecule is [2H]c1cc(C#N)c(C([2H])([2H])[2H])c([2H])c1N1C(=O)C(C)(C)N(c2c([2H])c([2H])c(C(=O)NC)c(F)c2[2H])C1=S. The molecule has 0 spiro atoms. The van der Waals surface area contributed by atoms with Gasteiger partial charge in [0.15, 0.2) is 5.11 Å². The summed E-state index contributed by atoms with van der Waals surface area (Å²) in [5.74, 6) is -3.36. The Hall–Kier alpha value is -3.31. The monoisotopic (exact) mass is 418 g/mol.